The van der Waals surface area contributed by atoms with E-state index < -0.39 is 0 Å². The van der Waals surface area contributed by atoms with Gasteiger partial charge < -0.3 is 10.5 Å². The first-order valence-corrected chi connectivity index (χ1v) is 4.59. The van der Waals surface area contributed by atoms with Gasteiger partial charge in [0, 0.05) is 6.54 Å². The number of methoxy groups -OCH3 is 1. The van der Waals surface area contributed by atoms with Gasteiger partial charge in [-0.25, -0.2) is 4.68 Å². The van der Waals surface area contributed by atoms with E-state index in [4.69, 9.17) is 10.5 Å². The summed E-state index contributed by atoms with van der Waals surface area (Å²) in [7, 11) is 1.62. The summed E-state index contributed by atoms with van der Waals surface area (Å²) in [6.45, 7) is 0.492. The molecule has 15 heavy (non-hydrogen) atoms. The van der Waals surface area contributed by atoms with Gasteiger partial charge in [0.15, 0.2) is 0 Å². The largest absolute Gasteiger partial charge is 0.494 e. The molecule has 5 nitrogen and oxygen atoms in total. The fourth-order valence-corrected chi connectivity index (χ4v) is 1.38. The van der Waals surface area contributed by atoms with Crippen molar-refractivity contribution in [2.24, 2.45) is 5.73 Å². The number of nitrogens with two attached hydrogens (primary N) is 1. The highest BCUT2D eigenvalue weighted by atomic mass is 16.5. The Labute approximate surface area is 87.5 Å². The molecule has 2 N–H and O–H groups in total. The number of hydrogen-bond acceptors (Lipinski definition) is 4. The minimum absolute atomic E-state index is 0.492. The van der Waals surface area contributed by atoms with Gasteiger partial charge in [-0.05, 0) is 17.7 Å². The van der Waals surface area contributed by atoms with E-state index in [0.29, 0.717) is 6.54 Å². The molecular formula is C10H12N4O. The zero-order valence-corrected chi connectivity index (χ0v) is 8.42. The average molecular weight is 204 g/mol. The van der Waals surface area contributed by atoms with Crippen LogP contribution in [0.15, 0.2) is 30.6 Å². The Hall–Kier alpha value is -1.88. The van der Waals surface area contributed by atoms with Gasteiger partial charge in [0.2, 0.25) is 0 Å². The van der Waals surface area contributed by atoms with E-state index in [1.54, 1.807) is 24.2 Å². The van der Waals surface area contributed by atoms with Crippen molar-refractivity contribution < 1.29 is 4.74 Å². The van der Waals surface area contributed by atoms with Crippen molar-refractivity contribution in [1.29, 1.82) is 0 Å². The fourth-order valence-electron chi connectivity index (χ4n) is 1.38. The Kier molecular flexibility index (Phi) is 2.64. The minimum Gasteiger partial charge on any atom is -0.494 e. The van der Waals surface area contributed by atoms with E-state index in [9.17, 15) is 0 Å². The molecule has 78 valence electrons. The maximum Gasteiger partial charge on any atom is 0.144 e. The van der Waals surface area contributed by atoms with Gasteiger partial charge in [-0.15, -0.1) is 5.10 Å². The molecule has 0 bridgehead atoms. The lowest BCUT2D eigenvalue weighted by Gasteiger charge is -2.09. The summed E-state index contributed by atoms with van der Waals surface area (Å²) in [6, 6.07) is 5.74. The van der Waals surface area contributed by atoms with Gasteiger partial charge in [-0.2, -0.15) is 0 Å². The van der Waals surface area contributed by atoms with Crippen molar-refractivity contribution in [2.75, 3.05) is 7.11 Å². The molecule has 1 aromatic heterocycles. The maximum absolute atomic E-state index is 5.58. The Bertz CT molecular complexity index is 439. The molecule has 0 aliphatic rings. The Balaban J connectivity index is 2.52. The van der Waals surface area contributed by atoms with Crippen molar-refractivity contribution >= 4 is 0 Å². The topological polar surface area (TPSA) is 66.0 Å². The number of aromatic nitrogens is 3. The molecule has 0 saturated heterocycles. The van der Waals surface area contributed by atoms with Gasteiger partial charge in [0.1, 0.15) is 11.4 Å². The highest BCUT2D eigenvalue weighted by molar-refractivity contribution is 5.48. The lowest BCUT2D eigenvalue weighted by Crippen LogP contribution is -2.02. The molecule has 5 heteroatoms. The highest BCUT2D eigenvalue weighted by Crippen LogP contribution is 2.22. The molecule has 0 fully saturated rings. The van der Waals surface area contributed by atoms with Crippen LogP contribution in [0.25, 0.3) is 5.69 Å². The molecule has 0 atom stereocenters. The fraction of sp³-hybridized carbons (Fsp3) is 0.200. The number of rotatable bonds is 3. The molecule has 2 aromatic rings. The minimum atomic E-state index is 0.492. The molecule has 0 radical (unpaired) electrons. The summed E-state index contributed by atoms with van der Waals surface area (Å²) in [4.78, 5) is 0. The van der Waals surface area contributed by atoms with Crippen LogP contribution in [0.1, 0.15) is 5.56 Å². The smallest absolute Gasteiger partial charge is 0.144 e. The molecule has 2 rings (SSSR count). The molecular weight excluding hydrogens is 192 g/mol. The van der Waals surface area contributed by atoms with E-state index in [-0.39, 0.29) is 0 Å². The van der Waals surface area contributed by atoms with Crippen LogP contribution in [0.5, 0.6) is 5.75 Å². The second-order valence-corrected chi connectivity index (χ2v) is 3.06. The third-order valence-electron chi connectivity index (χ3n) is 2.15. The molecule has 0 aliphatic heterocycles. The van der Waals surface area contributed by atoms with Crippen LogP contribution in [-0.4, -0.2) is 22.1 Å². The van der Waals surface area contributed by atoms with Crippen molar-refractivity contribution in [2.45, 2.75) is 6.54 Å². The first kappa shape index (κ1) is 9.67. The van der Waals surface area contributed by atoms with Crippen LogP contribution in [0.4, 0.5) is 0 Å². The van der Waals surface area contributed by atoms with Gasteiger partial charge >= 0.3 is 0 Å². The van der Waals surface area contributed by atoms with E-state index in [1.807, 2.05) is 18.2 Å². The third kappa shape index (κ3) is 1.82. The van der Waals surface area contributed by atoms with Crippen LogP contribution < -0.4 is 10.5 Å². The summed E-state index contributed by atoms with van der Waals surface area (Å²) in [5, 5.41) is 7.67. The van der Waals surface area contributed by atoms with Crippen LogP contribution in [0, 0.1) is 0 Å². The van der Waals surface area contributed by atoms with Gasteiger partial charge in [0.25, 0.3) is 0 Å². The third-order valence-corrected chi connectivity index (χ3v) is 2.15. The first-order chi connectivity index (χ1) is 7.35. The van der Waals surface area contributed by atoms with Crippen LogP contribution in [0.3, 0.4) is 0 Å². The van der Waals surface area contributed by atoms with Crippen molar-refractivity contribution in [3.05, 3.63) is 36.2 Å². The first-order valence-electron chi connectivity index (χ1n) is 4.59. The summed E-state index contributed by atoms with van der Waals surface area (Å²) in [5.41, 5.74) is 7.45. The quantitative estimate of drug-likeness (QED) is 0.800. The standard InChI is InChI=1S/C10H12N4O/c1-15-10-3-2-8(7-11)6-9(10)14-5-4-12-13-14/h2-6H,7,11H2,1H3. The van der Waals surface area contributed by atoms with E-state index >= 15 is 0 Å². The summed E-state index contributed by atoms with van der Waals surface area (Å²) in [6.07, 6.45) is 3.38. The van der Waals surface area contributed by atoms with Gasteiger partial charge in [-0.1, -0.05) is 11.3 Å². The highest BCUT2D eigenvalue weighted by Gasteiger charge is 2.06. The Morgan fingerprint density at radius 2 is 2.33 bits per heavy atom. The predicted octanol–water partition coefficient (Wildman–Crippen LogP) is 0.735. The van der Waals surface area contributed by atoms with E-state index in [0.717, 1.165) is 17.0 Å². The van der Waals surface area contributed by atoms with Crippen LogP contribution >= 0.6 is 0 Å². The molecule has 0 spiro atoms. The van der Waals surface area contributed by atoms with Gasteiger partial charge in [0.05, 0.1) is 19.5 Å². The lowest BCUT2D eigenvalue weighted by atomic mass is 10.2. The second kappa shape index (κ2) is 4.10. The molecule has 0 unspecified atom stereocenters. The van der Waals surface area contributed by atoms with E-state index in [2.05, 4.69) is 10.3 Å². The number of hydrogen-bond donors (Lipinski definition) is 1. The monoisotopic (exact) mass is 204 g/mol. The predicted molar refractivity (Wildman–Crippen MR) is 55.8 cm³/mol. The second-order valence-electron chi connectivity index (χ2n) is 3.06. The zero-order valence-electron chi connectivity index (χ0n) is 8.42. The Morgan fingerprint density at radius 1 is 1.47 bits per heavy atom. The summed E-state index contributed by atoms with van der Waals surface area (Å²) in [5.74, 6) is 0.748. The SMILES string of the molecule is COc1ccc(CN)cc1-n1ccnn1. The number of benzene rings is 1. The molecule has 0 amide bonds. The number of nitrogens with zero attached hydrogens (tertiary/aromatic N) is 3. The lowest BCUT2D eigenvalue weighted by molar-refractivity contribution is 0.411. The van der Waals surface area contributed by atoms with Crippen molar-refractivity contribution in [3.8, 4) is 11.4 Å². The zero-order chi connectivity index (χ0) is 10.7. The van der Waals surface area contributed by atoms with Crippen LogP contribution in [0.2, 0.25) is 0 Å². The normalized spacial score (nSPS) is 10.3. The molecule has 0 saturated carbocycles. The molecule has 1 heterocycles. The Morgan fingerprint density at radius 3 is 2.93 bits per heavy atom. The number of ether oxygens (including phenoxy) is 1. The van der Waals surface area contributed by atoms with Gasteiger partial charge in [-0.3, -0.25) is 0 Å². The van der Waals surface area contributed by atoms with Crippen LogP contribution in [-0.2, 0) is 6.54 Å². The summed E-state index contributed by atoms with van der Waals surface area (Å²) < 4.78 is 6.89. The summed E-state index contributed by atoms with van der Waals surface area (Å²) >= 11 is 0. The molecule has 0 aliphatic carbocycles. The average Bonchev–Trinajstić information content (AvgIpc) is 2.81. The molecule has 1 aromatic carbocycles. The van der Waals surface area contributed by atoms with Crippen molar-refractivity contribution in [3.63, 3.8) is 0 Å². The van der Waals surface area contributed by atoms with Crippen molar-refractivity contribution in [1.82, 2.24) is 15.0 Å². The maximum atomic E-state index is 5.58. The van der Waals surface area contributed by atoms with E-state index in [1.165, 1.54) is 0 Å².